The molecule has 0 spiro atoms. The summed E-state index contributed by atoms with van der Waals surface area (Å²) in [7, 11) is 0. The Balaban J connectivity index is 0.00000300. The highest BCUT2D eigenvalue weighted by molar-refractivity contribution is 5.90. The first kappa shape index (κ1) is 22.4. The largest absolute Gasteiger partial charge is 0.442 e. The molecule has 0 unspecified atom stereocenters. The van der Waals surface area contributed by atoms with E-state index in [2.05, 4.69) is 5.32 Å². The zero-order chi connectivity index (χ0) is 20.3. The predicted octanol–water partition coefficient (Wildman–Crippen LogP) is 0.0899. The van der Waals surface area contributed by atoms with E-state index in [-0.39, 0.29) is 31.1 Å². The van der Waals surface area contributed by atoms with Crippen LogP contribution in [0.5, 0.6) is 0 Å². The summed E-state index contributed by atoms with van der Waals surface area (Å²) in [5.74, 6) is -1.03. The Morgan fingerprint density at radius 1 is 1.28 bits per heavy atom. The molecule has 0 saturated carbocycles. The van der Waals surface area contributed by atoms with Crippen LogP contribution in [0.4, 0.5) is 20.6 Å². The van der Waals surface area contributed by atoms with Gasteiger partial charge in [0, 0.05) is 33.1 Å². The van der Waals surface area contributed by atoms with Crippen molar-refractivity contribution in [1.82, 2.24) is 16.4 Å². The van der Waals surface area contributed by atoms with Gasteiger partial charge in [-0.2, -0.15) is 0 Å². The number of aliphatic hydroxyl groups is 1. The van der Waals surface area contributed by atoms with E-state index in [0.29, 0.717) is 37.6 Å². The number of benzene rings is 1. The van der Waals surface area contributed by atoms with Gasteiger partial charge in [-0.1, -0.05) is 0 Å². The number of aliphatic hydroxyl groups excluding tert-OH is 1. The van der Waals surface area contributed by atoms with E-state index >= 15 is 0 Å². The van der Waals surface area contributed by atoms with E-state index in [4.69, 9.17) is 9.84 Å². The first-order valence-corrected chi connectivity index (χ1v) is 9.04. The zero-order valence-corrected chi connectivity index (χ0v) is 16.3. The number of hydrogen-bond donors (Lipinski definition) is 3. The summed E-state index contributed by atoms with van der Waals surface area (Å²) in [6.45, 7) is 2.99. The molecule has 2 aliphatic rings. The molecule has 2 fully saturated rings. The Hall–Kier alpha value is -2.92. The number of cyclic esters (lactones) is 1. The maximum Gasteiger partial charge on any atom is 0.414 e. The highest BCUT2D eigenvalue weighted by Gasteiger charge is 2.33. The number of halogens is 1. The minimum Gasteiger partial charge on any atom is -0.442 e. The van der Waals surface area contributed by atoms with E-state index < -0.39 is 24.6 Å². The second-order valence-electron chi connectivity index (χ2n) is 6.72. The third kappa shape index (κ3) is 5.12. The van der Waals surface area contributed by atoms with Crippen molar-refractivity contribution in [1.29, 1.82) is 0 Å². The smallest absolute Gasteiger partial charge is 0.414 e. The van der Waals surface area contributed by atoms with Gasteiger partial charge >= 0.3 is 6.09 Å². The van der Waals surface area contributed by atoms with Crippen molar-refractivity contribution in [2.24, 2.45) is 0 Å². The molecule has 5 N–H and O–H groups in total. The highest BCUT2D eigenvalue weighted by atomic mass is 19.1. The standard InChI is InChI=1S/C18H23FN4O5.H3N/c1-12(25)20-9-14-10-23(18(27)28-14)13-2-3-16(15(19)8-13)21-4-6-22(7-5-21)17(26)11-24;/h2-3,8,14,24H,4-7,9-11H2,1H3,(H,20,25);1H3/t14-;/m0./s1. The Labute approximate surface area is 167 Å². The van der Waals surface area contributed by atoms with Crippen molar-refractivity contribution in [3.8, 4) is 0 Å². The van der Waals surface area contributed by atoms with Crippen LogP contribution in [-0.4, -0.2) is 79.9 Å². The van der Waals surface area contributed by atoms with Crippen LogP contribution in [0.25, 0.3) is 0 Å². The lowest BCUT2D eigenvalue weighted by Gasteiger charge is -2.36. The second kappa shape index (κ2) is 9.52. The third-order valence-electron chi connectivity index (χ3n) is 4.80. The molecule has 1 aromatic carbocycles. The van der Waals surface area contributed by atoms with Crippen LogP contribution >= 0.6 is 0 Å². The molecule has 0 radical (unpaired) electrons. The summed E-state index contributed by atoms with van der Waals surface area (Å²) in [4.78, 5) is 39.3. The summed E-state index contributed by atoms with van der Waals surface area (Å²) in [5.41, 5.74) is 0.771. The van der Waals surface area contributed by atoms with Gasteiger partial charge in [-0.05, 0) is 18.2 Å². The summed E-state index contributed by atoms with van der Waals surface area (Å²) >= 11 is 0. The number of carbonyl (C=O) groups excluding carboxylic acids is 3. The van der Waals surface area contributed by atoms with Gasteiger partial charge in [0.1, 0.15) is 18.5 Å². The van der Waals surface area contributed by atoms with E-state index in [1.54, 1.807) is 12.1 Å². The zero-order valence-electron chi connectivity index (χ0n) is 16.3. The summed E-state index contributed by atoms with van der Waals surface area (Å²) < 4.78 is 19.9. The van der Waals surface area contributed by atoms with Gasteiger partial charge in [0.05, 0.1) is 24.5 Å². The lowest BCUT2D eigenvalue weighted by Crippen LogP contribution is -2.49. The van der Waals surface area contributed by atoms with Crippen LogP contribution in [0.2, 0.25) is 0 Å². The summed E-state index contributed by atoms with van der Waals surface area (Å²) in [6.07, 6.45) is -1.07. The molecule has 1 atom stereocenters. The van der Waals surface area contributed by atoms with E-state index in [9.17, 15) is 18.8 Å². The van der Waals surface area contributed by atoms with E-state index in [1.807, 2.05) is 4.90 Å². The van der Waals surface area contributed by atoms with Gasteiger partial charge in [-0.25, -0.2) is 9.18 Å². The lowest BCUT2D eigenvalue weighted by molar-refractivity contribution is -0.134. The number of anilines is 2. The molecule has 2 heterocycles. The number of ether oxygens (including phenoxy) is 1. The number of nitrogens with zero attached hydrogens (tertiary/aromatic N) is 3. The van der Waals surface area contributed by atoms with Gasteiger partial charge in [0.15, 0.2) is 0 Å². The van der Waals surface area contributed by atoms with Crippen molar-refractivity contribution >= 4 is 29.3 Å². The Morgan fingerprint density at radius 2 is 1.97 bits per heavy atom. The number of carbonyl (C=O) groups is 3. The molecule has 10 nitrogen and oxygen atoms in total. The second-order valence-corrected chi connectivity index (χ2v) is 6.72. The molecule has 160 valence electrons. The molecule has 29 heavy (non-hydrogen) atoms. The first-order valence-electron chi connectivity index (χ1n) is 9.04. The number of rotatable bonds is 5. The topological polar surface area (TPSA) is 137 Å². The fraction of sp³-hybridized carbons (Fsp3) is 0.500. The maximum absolute atomic E-state index is 14.7. The Morgan fingerprint density at radius 3 is 2.55 bits per heavy atom. The Bertz CT molecular complexity index is 769. The van der Waals surface area contributed by atoms with Crippen LogP contribution in [0.1, 0.15) is 6.92 Å². The van der Waals surface area contributed by atoms with E-state index in [0.717, 1.165) is 0 Å². The van der Waals surface area contributed by atoms with Gasteiger partial charge in [0.25, 0.3) is 0 Å². The van der Waals surface area contributed by atoms with Gasteiger partial charge in [-0.15, -0.1) is 0 Å². The molecule has 0 bridgehead atoms. The average Bonchev–Trinajstić information content (AvgIpc) is 3.06. The average molecular weight is 411 g/mol. The number of nitrogens with one attached hydrogen (secondary N) is 1. The minimum atomic E-state index is -0.585. The predicted molar refractivity (Wildman–Crippen MR) is 104 cm³/mol. The number of hydrogen-bond acceptors (Lipinski definition) is 7. The highest BCUT2D eigenvalue weighted by Crippen LogP contribution is 2.28. The monoisotopic (exact) mass is 411 g/mol. The SMILES string of the molecule is CC(=O)NC[C@H]1CN(c2ccc(N3CCN(C(=O)CO)CC3)c(F)c2)C(=O)O1.N. The maximum atomic E-state index is 14.7. The minimum absolute atomic E-state index is 0. The van der Waals surface area contributed by atoms with Crippen LogP contribution < -0.4 is 21.3 Å². The third-order valence-corrected chi connectivity index (χ3v) is 4.80. The van der Waals surface area contributed by atoms with Gasteiger partial charge in [-0.3, -0.25) is 14.5 Å². The lowest BCUT2D eigenvalue weighted by atomic mass is 10.2. The summed E-state index contributed by atoms with van der Waals surface area (Å²) in [6, 6.07) is 4.52. The molecule has 0 aliphatic carbocycles. The van der Waals surface area contributed by atoms with Crippen LogP contribution in [0.15, 0.2) is 18.2 Å². The summed E-state index contributed by atoms with van der Waals surface area (Å²) in [5, 5.41) is 11.5. The number of piperazine rings is 1. The van der Waals surface area contributed by atoms with Crippen LogP contribution in [0.3, 0.4) is 0 Å². The normalized spacial score (nSPS) is 18.9. The molecule has 3 amide bonds. The quantitative estimate of drug-likeness (QED) is 0.624. The fourth-order valence-electron chi connectivity index (χ4n) is 3.31. The van der Waals surface area contributed by atoms with Crippen LogP contribution in [-0.2, 0) is 14.3 Å². The van der Waals surface area contributed by atoms with Crippen molar-refractivity contribution < 1.29 is 28.6 Å². The molecule has 0 aromatic heterocycles. The van der Waals surface area contributed by atoms with Crippen molar-refractivity contribution in [3.05, 3.63) is 24.0 Å². The molecule has 2 aliphatic heterocycles. The molecule has 11 heteroatoms. The van der Waals surface area contributed by atoms with Crippen molar-refractivity contribution in [3.63, 3.8) is 0 Å². The molecule has 2 saturated heterocycles. The van der Waals surface area contributed by atoms with Crippen molar-refractivity contribution in [2.45, 2.75) is 13.0 Å². The van der Waals surface area contributed by atoms with Crippen molar-refractivity contribution in [2.75, 3.05) is 55.7 Å². The van der Waals surface area contributed by atoms with Gasteiger partial charge in [0.2, 0.25) is 11.8 Å². The molecular formula is C18H26FN5O5. The van der Waals surface area contributed by atoms with Gasteiger partial charge < -0.3 is 31.1 Å². The molecule has 1 aromatic rings. The Kier molecular flexibility index (Phi) is 7.35. The molecule has 3 rings (SSSR count). The molecular weight excluding hydrogens is 385 g/mol. The number of amides is 3. The fourth-order valence-corrected chi connectivity index (χ4v) is 3.31. The van der Waals surface area contributed by atoms with E-state index in [1.165, 1.54) is 22.8 Å². The first-order chi connectivity index (χ1) is 13.4. The van der Waals surface area contributed by atoms with Crippen LogP contribution in [0, 0.1) is 5.82 Å².